The van der Waals surface area contributed by atoms with E-state index < -0.39 is 11.7 Å². The highest BCUT2D eigenvalue weighted by Crippen LogP contribution is 2.51. The molecular weight excluding hydrogens is 299 g/mol. The van der Waals surface area contributed by atoms with Gasteiger partial charge in [-0.15, -0.1) is 0 Å². The van der Waals surface area contributed by atoms with Gasteiger partial charge in [0.1, 0.15) is 5.82 Å². The molecular formula is C17H23FN2O3. The van der Waals surface area contributed by atoms with E-state index in [2.05, 4.69) is 10.6 Å². The molecule has 0 spiro atoms. The molecule has 0 bridgehead atoms. The van der Waals surface area contributed by atoms with E-state index >= 15 is 0 Å². The summed E-state index contributed by atoms with van der Waals surface area (Å²) in [4.78, 5) is 23.5. The average Bonchev–Trinajstić information content (AvgIpc) is 2.47. The third kappa shape index (κ3) is 3.08. The van der Waals surface area contributed by atoms with Gasteiger partial charge in [0.15, 0.2) is 0 Å². The van der Waals surface area contributed by atoms with Crippen LogP contribution >= 0.6 is 0 Å². The predicted molar refractivity (Wildman–Crippen MR) is 85.8 cm³/mol. The summed E-state index contributed by atoms with van der Waals surface area (Å²) in [6, 6.07) is 3.82. The number of methoxy groups -OCH3 is 1. The van der Waals surface area contributed by atoms with Crippen molar-refractivity contribution in [2.24, 2.45) is 5.41 Å². The topological polar surface area (TPSA) is 67.4 Å². The van der Waals surface area contributed by atoms with Crippen molar-refractivity contribution >= 4 is 17.5 Å². The minimum atomic E-state index is -0.622. The van der Waals surface area contributed by atoms with Crippen LogP contribution in [-0.4, -0.2) is 30.6 Å². The van der Waals surface area contributed by atoms with Gasteiger partial charge in [0.05, 0.1) is 11.2 Å². The molecule has 1 saturated carbocycles. The number of carbonyl (C=O) groups excluding carboxylic acids is 2. The van der Waals surface area contributed by atoms with Crippen LogP contribution in [0.1, 0.15) is 44.5 Å². The van der Waals surface area contributed by atoms with Crippen molar-refractivity contribution in [1.29, 1.82) is 0 Å². The van der Waals surface area contributed by atoms with Gasteiger partial charge in [-0.25, -0.2) is 4.39 Å². The van der Waals surface area contributed by atoms with Crippen molar-refractivity contribution in [2.45, 2.75) is 45.8 Å². The molecule has 0 aliphatic heterocycles. The van der Waals surface area contributed by atoms with Crippen molar-refractivity contribution in [3.8, 4) is 0 Å². The zero-order valence-electron chi connectivity index (χ0n) is 14.1. The molecule has 1 fully saturated rings. The van der Waals surface area contributed by atoms with E-state index in [9.17, 15) is 14.0 Å². The van der Waals surface area contributed by atoms with Gasteiger partial charge in [-0.3, -0.25) is 9.59 Å². The van der Waals surface area contributed by atoms with Crippen molar-refractivity contribution < 1.29 is 18.7 Å². The van der Waals surface area contributed by atoms with Crippen LogP contribution in [0.4, 0.5) is 10.1 Å². The highest BCUT2D eigenvalue weighted by Gasteiger charge is 2.58. The molecule has 2 amide bonds. The number of ether oxygens (including phenoxy) is 1. The first-order valence-corrected chi connectivity index (χ1v) is 7.54. The monoisotopic (exact) mass is 322 g/mol. The fourth-order valence-electron chi connectivity index (χ4n) is 2.94. The van der Waals surface area contributed by atoms with Gasteiger partial charge in [0.25, 0.3) is 5.91 Å². The summed E-state index contributed by atoms with van der Waals surface area (Å²) in [6.45, 7) is 7.36. The molecule has 0 radical (unpaired) electrons. The van der Waals surface area contributed by atoms with E-state index in [1.165, 1.54) is 25.1 Å². The molecule has 126 valence electrons. The summed E-state index contributed by atoms with van der Waals surface area (Å²) >= 11 is 0. The van der Waals surface area contributed by atoms with Crippen LogP contribution in [0, 0.1) is 11.2 Å². The number of anilines is 1. The summed E-state index contributed by atoms with van der Waals surface area (Å²) < 4.78 is 19.5. The lowest BCUT2D eigenvalue weighted by Crippen LogP contribution is -2.68. The van der Waals surface area contributed by atoms with Crippen LogP contribution in [0.5, 0.6) is 0 Å². The Balaban J connectivity index is 2.14. The Hall–Kier alpha value is -1.95. The lowest BCUT2D eigenvalue weighted by molar-refractivity contribution is -0.177. The molecule has 0 saturated heterocycles. The molecule has 1 aromatic rings. The van der Waals surface area contributed by atoms with Gasteiger partial charge in [-0.2, -0.15) is 0 Å². The van der Waals surface area contributed by atoms with Crippen LogP contribution in [0.25, 0.3) is 0 Å². The second-order valence-electron chi connectivity index (χ2n) is 6.76. The van der Waals surface area contributed by atoms with Crippen molar-refractivity contribution in [3.63, 3.8) is 0 Å². The van der Waals surface area contributed by atoms with Crippen LogP contribution < -0.4 is 10.6 Å². The Kier molecular flexibility index (Phi) is 4.48. The largest absolute Gasteiger partial charge is 0.378 e. The maximum Gasteiger partial charge on any atom is 0.254 e. The van der Waals surface area contributed by atoms with E-state index in [1.807, 2.05) is 20.8 Å². The first kappa shape index (κ1) is 17.4. The Morgan fingerprint density at radius 3 is 2.48 bits per heavy atom. The highest BCUT2D eigenvalue weighted by atomic mass is 19.1. The van der Waals surface area contributed by atoms with Gasteiger partial charge in [0, 0.05) is 31.2 Å². The van der Waals surface area contributed by atoms with Crippen LogP contribution in [0.15, 0.2) is 18.2 Å². The number of hydrogen-bond acceptors (Lipinski definition) is 3. The molecule has 1 aliphatic rings. The molecule has 1 aliphatic carbocycles. The number of benzene rings is 1. The van der Waals surface area contributed by atoms with Crippen molar-refractivity contribution in [3.05, 3.63) is 29.6 Å². The summed E-state index contributed by atoms with van der Waals surface area (Å²) in [5, 5.41) is 5.40. The fourth-order valence-corrected chi connectivity index (χ4v) is 2.94. The Morgan fingerprint density at radius 2 is 1.96 bits per heavy atom. The van der Waals surface area contributed by atoms with Crippen molar-refractivity contribution in [2.75, 3.05) is 12.4 Å². The Morgan fingerprint density at radius 1 is 1.30 bits per heavy atom. The molecule has 23 heavy (non-hydrogen) atoms. The molecule has 2 rings (SSSR count). The SMILES string of the molecule is CO[C@]1(C)C[C@H](NC(=O)c2cc(NC(C)=O)ccc2F)C1(C)C. The van der Waals surface area contributed by atoms with E-state index in [1.54, 1.807) is 7.11 Å². The minimum absolute atomic E-state index is 0.0851. The molecule has 5 nitrogen and oxygen atoms in total. The van der Waals surface area contributed by atoms with Gasteiger partial charge in [0.2, 0.25) is 5.91 Å². The van der Waals surface area contributed by atoms with Gasteiger partial charge in [-0.05, 0) is 31.5 Å². The van der Waals surface area contributed by atoms with Crippen LogP contribution in [-0.2, 0) is 9.53 Å². The van der Waals surface area contributed by atoms with Gasteiger partial charge >= 0.3 is 0 Å². The molecule has 1 aromatic carbocycles. The standard InChI is InChI=1S/C17H23FN2O3/c1-10(21)19-11-6-7-13(18)12(8-11)15(22)20-14-9-17(4,23-5)16(14,2)3/h6-8,14H,9H2,1-5H3,(H,19,21)(H,20,22)/t14-,17+/m0/s1. The maximum atomic E-state index is 13.9. The summed E-state index contributed by atoms with van der Waals surface area (Å²) in [7, 11) is 1.65. The first-order chi connectivity index (χ1) is 10.6. The Labute approximate surface area is 135 Å². The number of halogens is 1. The van der Waals surface area contributed by atoms with E-state index in [0.29, 0.717) is 12.1 Å². The first-order valence-electron chi connectivity index (χ1n) is 7.54. The van der Waals surface area contributed by atoms with Gasteiger partial charge < -0.3 is 15.4 Å². The number of hydrogen-bond donors (Lipinski definition) is 2. The average molecular weight is 322 g/mol. The third-order valence-electron chi connectivity index (χ3n) is 5.12. The molecule has 2 N–H and O–H groups in total. The molecule has 0 unspecified atom stereocenters. The normalized spacial score (nSPS) is 25.4. The Bertz CT molecular complexity index is 645. The van der Waals surface area contributed by atoms with E-state index in [-0.39, 0.29) is 28.5 Å². The molecule has 0 aromatic heterocycles. The summed E-state index contributed by atoms with van der Waals surface area (Å²) in [5.74, 6) is -1.40. The van der Waals surface area contributed by atoms with E-state index in [4.69, 9.17) is 4.74 Å². The number of rotatable bonds is 4. The number of nitrogens with one attached hydrogen (secondary N) is 2. The van der Waals surface area contributed by atoms with Crippen LogP contribution in [0.3, 0.4) is 0 Å². The molecule has 2 atom stereocenters. The summed E-state index contributed by atoms with van der Waals surface area (Å²) in [5.41, 5.74) is -0.276. The third-order valence-corrected chi connectivity index (χ3v) is 5.12. The lowest BCUT2D eigenvalue weighted by atomic mass is 9.56. The highest BCUT2D eigenvalue weighted by molar-refractivity contribution is 5.97. The second-order valence-corrected chi connectivity index (χ2v) is 6.76. The zero-order valence-corrected chi connectivity index (χ0v) is 14.1. The maximum absolute atomic E-state index is 13.9. The zero-order chi connectivity index (χ0) is 17.4. The van der Waals surface area contributed by atoms with E-state index in [0.717, 1.165) is 0 Å². The quantitative estimate of drug-likeness (QED) is 0.895. The minimum Gasteiger partial charge on any atom is -0.378 e. The lowest BCUT2D eigenvalue weighted by Gasteiger charge is -2.59. The second kappa shape index (κ2) is 5.92. The smallest absolute Gasteiger partial charge is 0.254 e. The van der Waals surface area contributed by atoms with Crippen LogP contribution in [0.2, 0.25) is 0 Å². The van der Waals surface area contributed by atoms with Gasteiger partial charge in [-0.1, -0.05) is 13.8 Å². The molecule has 0 heterocycles. The fraction of sp³-hybridized carbons (Fsp3) is 0.529. The molecule has 6 heteroatoms. The number of carbonyl (C=O) groups is 2. The van der Waals surface area contributed by atoms with Crippen molar-refractivity contribution in [1.82, 2.24) is 5.32 Å². The predicted octanol–water partition coefficient (Wildman–Crippen LogP) is 2.72. The summed E-state index contributed by atoms with van der Waals surface area (Å²) in [6.07, 6.45) is 0.662. The number of amides is 2.